The van der Waals surface area contributed by atoms with E-state index >= 15 is 0 Å². The fourth-order valence-corrected chi connectivity index (χ4v) is 2.33. The van der Waals surface area contributed by atoms with Crippen LogP contribution in [-0.4, -0.2) is 28.1 Å². The third-order valence-electron chi connectivity index (χ3n) is 3.58. The van der Waals surface area contributed by atoms with E-state index in [0.717, 1.165) is 0 Å². The van der Waals surface area contributed by atoms with Gasteiger partial charge in [0.2, 0.25) is 0 Å². The number of nitrogens with zero attached hydrogens (tertiary/aromatic N) is 2. The highest BCUT2D eigenvalue weighted by molar-refractivity contribution is 6.08. The quantitative estimate of drug-likeness (QED) is 0.548. The van der Waals surface area contributed by atoms with Crippen molar-refractivity contribution in [3.8, 4) is 17.0 Å². The minimum atomic E-state index is -0.489. The maximum Gasteiger partial charge on any atom is 0.270 e. The Kier molecular flexibility index (Phi) is 4.42. The predicted octanol–water partition coefficient (Wildman–Crippen LogP) is 3.25. The number of non-ortho nitro benzene ring substituents is 1. The van der Waals surface area contributed by atoms with Crippen molar-refractivity contribution >= 4 is 17.3 Å². The van der Waals surface area contributed by atoms with Crippen LogP contribution in [-0.2, 0) is 0 Å². The molecule has 3 rings (SSSR count). The van der Waals surface area contributed by atoms with Crippen molar-refractivity contribution in [3.63, 3.8) is 0 Å². The van der Waals surface area contributed by atoms with Crippen molar-refractivity contribution in [1.29, 1.82) is 0 Å². The van der Waals surface area contributed by atoms with Crippen LogP contribution < -0.4 is 10.1 Å². The normalized spacial score (nSPS) is 10.3. The second-order valence-electron chi connectivity index (χ2n) is 5.15. The molecule has 0 saturated carbocycles. The highest BCUT2D eigenvalue weighted by Crippen LogP contribution is 2.26. The molecule has 2 N–H and O–H groups in total. The van der Waals surface area contributed by atoms with E-state index in [0.29, 0.717) is 22.7 Å². The summed E-state index contributed by atoms with van der Waals surface area (Å²) < 4.78 is 5.07. The Morgan fingerprint density at radius 1 is 1.24 bits per heavy atom. The number of hydrogen-bond acceptors (Lipinski definition) is 5. The van der Waals surface area contributed by atoms with E-state index in [2.05, 4.69) is 15.5 Å². The molecule has 25 heavy (non-hydrogen) atoms. The van der Waals surface area contributed by atoms with Gasteiger partial charge in [0.25, 0.3) is 11.6 Å². The lowest BCUT2D eigenvalue weighted by Gasteiger charge is -2.07. The van der Waals surface area contributed by atoms with Crippen LogP contribution in [0.25, 0.3) is 11.3 Å². The molecule has 0 unspecified atom stereocenters. The van der Waals surface area contributed by atoms with Crippen LogP contribution in [0.15, 0.2) is 54.7 Å². The molecule has 1 aromatic heterocycles. The number of amides is 1. The van der Waals surface area contributed by atoms with Gasteiger partial charge in [0.1, 0.15) is 5.75 Å². The summed E-state index contributed by atoms with van der Waals surface area (Å²) in [6, 6.07) is 12.9. The molecule has 8 heteroatoms. The first-order valence-electron chi connectivity index (χ1n) is 7.32. The maximum absolute atomic E-state index is 12.5. The van der Waals surface area contributed by atoms with Gasteiger partial charge in [0, 0.05) is 23.4 Å². The first-order valence-corrected chi connectivity index (χ1v) is 7.32. The fourth-order valence-electron chi connectivity index (χ4n) is 2.33. The summed E-state index contributed by atoms with van der Waals surface area (Å²) in [6.07, 6.45) is 1.38. The Bertz CT molecular complexity index is 918. The van der Waals surface area contributed by atoms with E-state index in [1.807, 2.05) is 0 Å². The number of carbonyl (C=O) groups is 1. The molecule has 3 aromatic rings. The Morgan fingerprint density at radius 2 is 2.00 bits per heavy atom. The molecule has 0 aliphatic rings. The van der Waals surface area contributed by atoms with Gasteiger partial charge in [0.15, 0.2) is 0 Å². The standard InChI is InChI=1S/C17H14N4O4/c1-25-14-7-5-12(6-8-14)19-17(22)15-10-18-20-16(15)11-3-2-4-13(9-11)21(23)24/h2-10H,1H3,(H,18,20)(H,19,22). The predicted molar refractivity (Wildman–Crippen MR) is 91.6 cm³/mol. The number of H-pyrrole nitrogens is 1. The molecule has 0 aliphatic heterocycles. The van der Waals surface area contributed by atoms with E-state index in [9.17, 15) is 14.9 Å². The smallest absolute Gasteiger partial charge is 0.270 e. The first-order chi connectivity index (χ1) is 12.1. The number of nitrogens with one attached hydrogen (secondary N) is 2. The van der Waals surface area contributed by atoms with Gasteiger partial charge in [-0.2, -0.15) is 5.10 Å². The molecule has 0 bridgehead atoms. The first kappa shape index (κ1) is 16.2. The molecule has 0 spiro atoms. The Morgan fingerprint density at radius 3 is 2.68 bits per heavy atom. The van der Waals surface area contributed by atoms with Gasteiger partial charge >= 0.3 is 0 Å². The maximum atomic E-state index is 12.5. The van der Waals surface area contributed by atoms with Crippen LogP contribution in [0.2, 0.25) is 0 Å². The number of carbonyl (C=O) groups excluding carboxylic acids is 1. The van der Waals surface area contributed by atoms with Crippen LogP contribution in [0.3, 0.4) is 0 Å². The molecule has 0 atom stereocenters. The van der Waals surface area contributed by atoms with Crippen LogP contribution in [0.4, 0.5) is 11.4 Å². The van der Waals surface area contributed by atoms with Crippen molar-refractivity contribution < 1.29 is 14.5 Å². The zero-order valence-electron chi connectivity index (χ0n) is 13.2. The highest BCUT2D eigenvalue weighted by Gasteiger charge is 2.17. The zero-order valence-corrected chi connectivity index (χ0v) is 13.2. The van der Waals surface area contributed by atoms with Crippen molar-refractivity contribution in [1.82, 2.24) is 10.2 Å². The lowest BCUT2D eigenvalue weighted by molar-refractivity contribution is -0.384. The summed E-state index contributed by atoms with van der Waals surface area (Å²) in [6.45, 7) is 0. The molecule has 0 saturated heterocycles. The molecule has 0 aliphatic carbocycles. The van der Waals surface area contributed by atoms with Crippen LogP contribution >= 0.6 is 0 Å². The van der Waals surface area contributed by atoms with Crippen LogP contribution in [0.1, 0.15) is 10.4 Å². The van der Waals surface area contributed by atoms with Crippen molar-refractivity contribution in [2.45, 2.75) is 0 Å². The summed E-state index contributed by atoms with van der Waals surface area (Å²) in [5, 5.41) is 20.3. The number of nitro groups is 1. The molecule has 1 amide bonds. The van der Waals surface area contributed by atoms with Gasteiger partial charge in [0.05, 0.1) is 29.5 Å². The van der Waals surface area contributed by atoms with Gasteiger partial charge in [-0.3, -0.25) is 20.0 Å². The average Bonchev–Trinajstić information content (AvgIpc) is 3.12. The number of methoxy groups -OCH3 is 1. The molecule has 2 aromatic carbocycles. The number of rotatable bonds is 5. The number of benzene rings is 2. The number of hydrogen-bond donors (Lipinski definition) is 2. The number of aromatic nitrogens is 2. The number of nitro benzene ring substituents is 1. The van der Waals surface area contributed by atoms with Crippen molar-refractivity contribution in [2.75, 3.05) is 12.4 Å². The second kappa shape index (κ2) is 6.83. The Hall–Kier alpha value is -3.68. The second-order valence-corrected chi connectivity index (χ2v) is 5.15. The minimum absolute atomic E-state index is 0.0615. The number of aromatic amines is 1. The monoisotopic (exact) mass is 338 g/mol. The summed E-state index contributed by atoms with van der Waals surface area (Å²) in [5.41, 5.74) is 1.74. The Balaban J connectivity index is 1.86. The zero-order chi connectivity index (χ0) is 17.8. The summed E-state index contributed by atoms with van der Waals surface area (Å²) in [5.74, 6) is 0.305. The molecule has 0 radical (unpaired) electrons. The van der Waals surface area contributed by atoms with E-state index in [1.165, 1.54) is 18.3 Å². The van der Waals surface area contributed by atoms with Gasteiger partial charge in [-0.15, -0.1) is 0 Å². The topological polar surface area (TPSA) is 110 Å². The molecule has 8 nitrogen and oxygen atoms in total. The summed E-state index contributed by atoms with van der Waals surface area (Å²) in [7, 11) is 1.56. The molecular weight excluding hydrogens is 324 g/mol. The van der Waals surface area contributed by atoms with Crippen LogP contribution in [0.5, 0.6) is 5.75 Å². The highest BCUT2D eigenvalue weighted by atomic mass is 16.6. The van der Waals surface area contributed by atoms with E-state index in [-0.39, 0.29) is 17.2 Å². The lowest BCUT2D eigenvalue weighted by Crippen LogP contribution is -2.12. The van der Waals surface area contributed by atoms with Gasteiger partial charge in [-0.1, -0.05) is 12.1 Å². The molecule has 0 fully saturated rings. The third kappa shape index (κ3) is 3.47. The Labute approximate surface area is 142 Å². The van der Waals surface area contributed by atoms with E-state index in [4.69, 9.17) is 4.74 Å². The minimum Gasteiger partial charge on any atom is -0.497 e. The fraction of sp³-hybridized carbons (Fsp3) is 0.0588. The van der Waals surface area contributed by atoms with E-state index in [1.54, 1.807) is 43.5 Å². The number of ether oxygens (including phenoxy) is 1. The molecular formula is C17H14N4O4. The average molecular weight is 338 g/mol. The van der Waals surface area contributed by atoms with Gasteiger partial charge < -0.3 is 10.1 Å². The van der Waals surface area contributed by atoms with Gasteiger partial charge in [-0.25, -0.2) is 0 Å². The van der Waals surface area contributed by atoms with Crippen LogP contribution in [0, 0.1) is 10.1 Å². The third-order valence-corrected chi connectivity index (χ3v) is 3.58. The van der Waals surface area contributed by atoms with Crippen molar-refractivity contribution in [3.05, 3.63) is 70.4 Å². The summed E-state index contributed by atoms with van der Waals surface area (Å²) in [4.78, 5) is 22.9. The largest absolute Gasteiger partial charge is 0.497 e. The van der Waals surface area contributed by atoms with E-state index < -0.39 is 4.92 Å². The molecule has 1 heterocycles. The number of anilines is 1. The van der Waals surface area contributed by atoms with Crippen molar-refractivity contribution in [2.24, 2.45) is 0 Å². The molecule has 126 valence electrons. The summed E-state index contributed by atoms with van der Waals surface area (Å²) >= 11 is 0. The lowest BCUT2D eigenvalue weighted by atomic mass is 10.1. The van der Waals surface area contributed by atoms with Gasteiger partial charge in [-0.05, 0) is 24.3 Å². The SMILES string of the molecule is COc1ccc(NC(=O)c2cn[nH]c2-c2cccc([N+](=O)[O-])c2)cc1.